The van der Waals surface area contributed by atoms with Gasteiger partial charge in [0.25, 0.3) is 0 Å². The lowest BCUT2D eigenvalue weighted by Gasteiger charge is -2.13. The summed E-state index contributed by atoms with van der Waals surface area (Å²) in [5.74, 6) is 0.847. The van der Waals surface area contributed by atoms with Crippen molar-refractivity contribution in [1.29, 1.82) is 0 Å². The Morgan fingerprint density at radius 2 is 1.92 bits per heavy atom. The number of carbonyl (C=O) groups excluding carboxylic acids is 1. The van der Waals surface area contributed by atoms with Crippen LogP contribution in [0.25, 0.3) is 5.70 Å². The van der Waals surface area contributed by atoms with Gasteiger partial charge in [0.15, 0.2) is 0 Å². The molecule has 0 fully saturated rings. The van der Waals surface area contributed by atoms with Crippen LogP contribution in [0.1, 0.15) is 30.9 Å². The number of aromatic hydroxyl groups is 1. The Balaban J connectivity index is 1.72. The molecule has 0 aliphatic heterocycles. The standard InChI is InChI=1S/C20H23ClN2O3/c1-3-18(15-6-9-17(24)10-7-15)22-23-20(25)5-4-12-26-19-11-8-16(21)13-14(19)2/h3,6-11,13,22,24H,4-5,12H2,1-2H3,(H,23,25)/b18-3-. The van der Waals surface area contributed by atoms with Crippen LogP contribution in [0.2, 0.25) is 5.02 Å². The van der Waals surface area contributed by atoms with Gasteiger partial charge >= 0.3 is 0 Å². The predicted octanol–water partition coefficient (Wildman–Crippen LogP) is 4.19. The van der Waals surface area contributed by atoms with Crippen molar-refractivity contribution in [3.63, 3.8) is 0 Å². The summed E-state index contributed by atoms with van der Waals surface area (Å²) >= 11 is 5.91. The Kier molecular flexibility index (Phi) is 7.36. The second-order valence-electron chi connectivity index (χ2n) is 5.78. The number of benzene rings is 2. The van der Waals surface area contributed by atoms with Gasteiger partial charge in [0, 0.05) is 11.4 Å². The van der Waals surface area contributed by atoms with Crippen molar-refractivity contribution in [2.75, 3.05) is 6.61 Å². The second-order valence-corrected chi connectivity index (χ2v) is 6.22. The first kappa shape index (κ1) is 19.7. The predicted molar refractivity (Wildman–Crippen MR) is 104 cm³/mol. The number of allylic oxidation sites excluding steroid dienone is 1. The molecule has 2 aromatic carbocycles. The zero-order valence-electron chi connectivity index (χ0n) is 14.9. The molecule has 0 saturated carbocycles. The molecule has 0 aliphatic rings. The number of phenolic OH excluding ortho intramolecular Hbond substituents is 1. The first-order chi connectivity index (χ1) is 12.5. The summed E-state index contributed by atoms with van der Waals surface area (Å²) in [6.45, 7) is 4.24. The zero-order chi connectivity index (χ0) is 18.9. The first-order valence-corrected chi connectivity index (χ1v) is 8.77. The van der Waals surface area contributed by atoms with E-state index in [1.807, 2.05) is 32.1 Å². The van der Waals surface area contributed by atoms with Gasteiger partial charge in [-0.05, 0) is 73.9 Å². The molecule has 0 aliphatic carbocycles. The highest BCUT2D eigenvalue weighted by Gasteiger charge is 2.05. The van der Waals surface area contributed by atoms with Gasteiger partial charge in [0.2, 0.25) is 5.91 Å². The van der Waals surface area contributed by atoms with Crippen molar-refractivity contribution in [2.24, 2.45) is 0 Å². The maximum atomic E-state index is 12.0. The van der Waals surface area contributed by atoms with E-state index in [9.17, 15) is 9.90 Å². The lowest BCUT2D eigenvalue weighted by molar-refractivity contribution is -0.121. The van der Waals surface area contributed by atoms with Crippen LogP contribution in [0.3, 0.4) is 0 Å². The van der Waals surface area contributed by atoms with E-state index in [4.69, 9.17) is 16.3 Å². The van der Waals surface area contributed by atoms with E-state index in [2.05, 4.69) is 10.9 Å². The van der Waals surface area contributed by atoms with Crippen molar-refractivity contribution < 1.29 is 14.6 Å². The van der Waals surface area contributed by atoms with Crippen LogP contribution in [0.15, 0.2) is 48.5 Å². The molecular formula is C20H23ClN2O3. The molecule has 0 spiro atoms. The van der Waals surface area contributed by atoms with E-state index in [1.165, 1.54) is 0 Å². The average Bonchev–Trinajstić information content (AvgIpc) is 2.62. The van der Waals surface area contributed by atoms with Crippen molar-refractivity contribution >= 4 is 23.2 Å². The smallest absolute Gasteiger partial charge is 0.238 e. The van der Waals surface area contributed by atoms with Crippen LogP contribution >= 0.6 is 11.6 Å². The number of rotatable bonds is 8. The summed E-state index contributed by atoms with van der Waals surface area (Å²) in [5.41, 5.74) is 8.17. The van der Waals surface area contributed by atoms with E-state index in [-0.39, 0.29) is 11.7 Å². The molecule has 0 unspecified atom stereocenters. The topological polar surface area (TPSA) is 70.6 Å². The molecule has 6 heteroatoms. The second kappa shape index (κ2) is 9.73. The number of ether oxygens (including phenoxy) is 1. The first-order valence-electron chi connectivity index (χ1n) is 8.39. The normalized spacial score (nSPS) is 11.1. The minimum atomic E-state index is -0.125. The van der Waals surface area contributed by atoms with Crippen LogP contribution in [-0.4, -0.2) is 17.6 Å². The quantitative estimate of drug-likeness (QED) is 0.478. The van der Waals surface area contributed by atoms with E-state index < -0.39 is 0 Å². The number of aryl methyl sites for hydroxylation is 1. The third-order valence-corrected chi connectivity index (χ3v) is 3.98. The number of carbonyl (C=O) groups is 1. The Labute approximate surface area is 158 Å². The Morgan fingerprint density at radius 3 is 2.58 bits per heavy atom. The number of nitrogens with one attached hydrogen (secondary N) is 2. The molecule has 0 aromatic heterocycles. The molecule has 0 radical (unpaired) electrons. The largest absolute Gasteiger partial charge is 0.508 e. The Bertz CT molecular complexity index is 773. The number of hydrogen-bond donors (Lipinski definition) is 3. The molecule has 2 aromatic rings. The van der Waals surface area contributed by atoms with E-state index in [1.54, 1.807) is 30.3 Å². The van der Waals surface area contributed by atoms with Crippen molar-refractivity contribution in [3.05, 3.63) is 64.7 Å². The fourth-order valence-electron chi connectivity index (χ4n) is 2.34. The molecule has 3 N–H and O–H groups in total. The fraction of sp³-hybridized carbons (Fsp3) is 0.250. The molecule has 138 valence electrons. The lowest BCUT2D eigenvalue weighted by Crippen LogP contribution is -2.36. The average molecular weight is 375 g/mol. The zero-order valence-corrected chi connectivity index (χ0v) is 15.6. The minimum Gasteiger partial charge on any atom is -0.508 e. The summed E-state index contributed by atoms with van der Waals surface area (Å²) in [6, 6.07) is 12.2. The molecule has 5 nitrogen and oxygen atoms in total. The highest BCUT2D eigenvalue weighted by atomic mass is 35.5. The van der Waals surface area contributed by atoms with Crippen molar-refractivity contribution in [1.82, 2.24) is 10.9 Å². The van der Waals surface area contributed by atoms with Gasteiger partial charge in [-0.15, -0.1) is 0 Å². The number of halogens is 1. The molecule has 0 heterocycles. The molecule has 0 bridgehead atoms. The number of hydrazine groups is 1. The SMILES string of the molecule is C/C=C(\NNC(=O)CCCOc1ccc(Cl)cc1C)c1ccc(O)cc1. The van der Waals surface area contributed by atoms with Crippen LogP contribution < -0.4 is 15.6 Å². The molecule has 0 atom stereocenters. The summed E-state index contributed by atoms with van der Waals surface area (Å²) < 4.78 is 5.68. The monoisotopic (exact) mass is 374 g/mol. The number of hydrogen-bond acceptors (Lipinski definition) is 4. The van der Waals surface area contributed by atoms with Gasteiger partial charge in [-0.2, -0.15) is 0 Å². The summed E-state index contributed by atoms with van der Waals surface area (Å²) in [7, 11) is 0. The van der Waals surface area contributed by atoms with Gasteiger partial charge in [0.1, 0.15) is 11.5 Å². The van der Waals surface area contributed by atoms with Gasteiger partial charge in [-0.1, -0.05) is 17.7 Å². The van der Waals surface area contributed by atoms with Gasteiger partial charge < -0.3 is 9.84 Å². The maximum absolute atomic E-state index is 12.0. The fourth-order valence-corrected chi connectivity index (χ4v) is 2.57. The Morgan fingerprint density at radius 1 is 1.19 bits per heavy atom. The van der Waals surface area contributed by atoms with E-state index >= 15 is 0 Å². The van der Waals surface area contributed by atoms with Crippen LogP contribution in [-0.2, 0) is 4.79 Å². The highest BCUT2D eigenvalue weighted by molar-refractivity contribution is 6.30. The Hall–Kier alpha value is -2.66. The molecule has 26 heavy (non-hydrogen) atoms. The van der Waals surface area contributed by atoms with Crippen molar-refractivity contribution in [3.8, 4) is 11.5 Å². The van der Waals surface area contributed by atoms with E-state index in [0.717, 1.165) is 22.6 Å². The molecule has 0 saturated heterocycles. The maximum Gasteiger partial charge on any atom is 0.238 e. The molecule has 2 rings (SSSR count). The number of amides is 1. The van der Waals surface area contributed by atoms with Crippen LogP contribution in [0, 0.1) is 6.92 Å². The minimum absolute atomic E-state index is 0.125. The highest BCUT2D eigenvalue weighted by Crippen LogP contribution is 2.22. The van der Waals surface area contributed by atoms with E-state index in [0.29, 0.717) is 24.5 Å². The summed E-state index contributed by atoms with van der Waals surface area (Å²) in [4.78, 5) is 12.0. The molecular weight excluding hydrogens is 352 g/mol. The van der Waals surface area contributed by atoms with Crippen molar-refractivity contribution in [2.45, 2.75) is 26.7 Å². The third kappa shape index (κ3) is 6.01. The van der Waals surface area contributed by atoms with Gasteiger partial charge in [0.05, 0.1) is 12.3 Å². The van der Waals surface area contributed by atoms with Gasteiger partial charge in [-0.3, -0.25) is 15.6 Å². The van der Waals surface area contributed by atoms with Crippen LogP contribution in [0.5, 0.6) is 11.5 Å². The van der Waals surface area contributed by atoms with Gasteiger partial charge in [-0.25, -0.2) is 0 Å². The van der Waals surface area contributed by atoms with Crippen LogP contribution in [0.4, 0.5) is 0 Å². The summed E-state index contributed by atoms with van der Waals surface area (Å²) in [5, 5.41) is 10.0. The lowest BCUT2D eigenvalue weighted by atomic mass is 10.1. The number of phenols is 1. The summed E-state index contributed by atoms with van der Waals surface area (Å²) in [6.07, 6.45) is 2.78. The third-order valence-electron chi connectivity index (χ3n) is 3.75. The molecule has 1 amide bonds.